The van der Waals surface area contributed by atoms with Crippen molar-refractivity contribution in [2.24, 2.45) is 0 Å². The van der Waals surface area contributed by atoms with E-state index in [-0.39, 0.29) is 41.8 Å². The number of nitro groups is 1. The molecule has 8 heteroatoms. The van der Waals surface area contributed by atoms with Crippen molar-refractivity contribution >= 4 is 23.2 Å². The summed E-state index contributed by atoms with van der Waals surface area (Å²) in [6, 6.07) is 6.01. The second-order valence-electron chi connectivity index (χ2n) is 4.19. The highest BCUT2D eigenvalue weighted by atomic mass is 35.5. The van der Waals surface area contributed by atoms with Crippen molar-refractivity contribution in [2.75, 3.05) is 20.2 Å². The van der Waals surface area contributed by atoms with Crippen LogP contribution in [-0.4, -0.2) is 35.9 Å². The van der Waals surface area contributed by atoms with Gasteiger partial charge in [-0.1, -0.05) is 11.6 Å². The average molecular weight is 312 g/mol. The van der Waals surface area contributed by atoms with Gasteiger partial charge in [-0.05, 0) is 12.1 Å². The van der Waals surface area contributed by atoms with Crippen LogP contribution in [0.3, 0.4) is 0 Å². The largest absolute Gasteiger partial charge is 0.486 e. The number of nitriles is 1. The first kappa shape index (κ1) is 16.7. The minimum Gasteiger partial charge on any atom is -0.486 e. The molecule has 0 spiro atoms. The number of halogens is 1. The van der Waals surface area contributed by atoms with Crippen LogP contribution in [-0.2, 0) is 4.79 Å². The standard InChI is InChI=1S/C13H14ClN3O4/c1-16(7-2-6-15)13(18)5-8-21-12-4-3-10(14)9-11(12)17(19)20/h3-4,9H,2,5,7-8H2,1H3. The zero-order valence-electron chi connectivity index (χ0n) is 11.4. The SMILES string of the molecule is CN(CCC#N)C(=O)CCOc1ccc(Cl)cc1[N+](=O)[O-]. The predicted octanol–water partition coefficient (Wildman–Crippen LogP) is 2.39. The molecule has 21 heavy (non-hydrogen) atoms. The van der Waals surface area contributed by atoms with Crippen molar-refractivity contribution in [1.29, 1.82) is 5.26 Å². The summed E-state index contributed by atoms with van der Waals surface area (Å²) >= 11 is 5.69. The molecule has 1 aromatic carbocycles. The van der Waals surface area contributed by atoms with E-state index in [1.54, 1.807) is 7.05 Å². The highest BCUT2D eigenvalue weighted by Gasteiger charge is 2.16. The van der Waals surface area contributed by atoms with Crippen LogP contribution < -0.4 is 4.74 Å². The summed E-state index contributed by atoms with van der Waals surface area (Å²) in [6.45, 7) is 0.356. The third kappa shape index (κ3) is 5.28. The first-order valence-electron chi connectivity index (χ1n) is 6.13. The molecule has 0 N–H and O–H groups in total. The fourth-order valence-corrected chi connectivity index (χ4v) is 1.70. The van der Waals surface area contributed by atoms with Crippen LogP contribution in [0, 0.1) is 21.4 Å². The van der Waals surface area contributed by atoms with E-state index >= 15 is 0 Å². The lowest BCUT2D eigenvalue weighted by Gasteiger charge is -2.15. The molecular formula is C13H14ClN3O4. The average Bonchev–Trinajstić information content (AvgIpc) is 2.45. The molecular weight excluding hydrogens is 298 g/mol. The number of amides is 1. The number of ether oxygens (including phenoxy) is 1. The van der Waals surface area contributed by atoms with Gasteiger partial charge in [0.1, 0.15) is 0 Å². The Hall–Kier alpha value is -2.33. The number of hydrogen-bond donors (Lipinski definition) is 0. The highest BCUT2D eigenvalue weighted by Crippen LogP contribution is 2.29. The zero-order valence-corrected chi connectivity index (χ0v) is 12.2. The maximum Gasteiger partial charge on any atom is 0.312 e. The summed E-state index contributed by atoms with van der Waals surface area (Å²) in [5.41, 5.74) is -0.243. The number of nitro benzene ring substituents is 1. The molecule has 0 saturated heterocycles. The third-order valence-corrected chi connectivity index (χ3v) is 2.91. The Morgan fingerprint density at radius 1 is 1.57 bits per heavy atom. The highest BCUT2D eigenvalue weighted by molar-refractivity contribution is 6.30. The Labute approximate surface area is 126 Å². The topological polar surface area (TPSA) is 96.5 Å². The number of carbonyl (C=O) groups excluding carboxylic acids is 1. The lowest BCUT2D eigenvalue weighted by molar-refractivity contribution is -0.385. The molecule has 0 heterocycles. The van der Waals surface area contributed by atoms with Crippen molar-refractivity contribution in [3.8, 4) is 11.8 Å². The number of hydrogen-bond acceptors (Lipinski definition) is 5. The monoisotopic (exact) mass is 311 g/mol. The molecule has 0 aromatic heterocycles. The van der Waals surface area contributed by atoms with Gasteiger partial charge in [-0.2, -0.15) is 5.26 Å². The summed E-state index contributed by atoms with van der Waals surface area (Å²) in [4.78, 5) is 23.4. The Morgan fingerprint density at radius 2 is 2.29 bits per heavy atom. The number of carbonyl (C=O) groups is 1. The third-order valence-electron chi connectivity index (χ3n) is 2.68. The summed E-state index contributed by atoms with van der Waals surface area (Å²) in [5, 5.41) is 19.5. The number of rotatable bonds is 7. The van der Waals surface area contributed by atoms with Crippen LogP contribution in [0.2, 0.25) is 5.02 Å². The molecule has 112 valence electrons. The molecule has 0 atom stereocenters. The minimum atomic E-state index is -0.595. The van der Waals surface area contributed by atoms with Gasteiger partial charge in [-0.25, -0.2) is 0 Å². The fraction of sp³-hybridized carbons (Fsp3) is 0.385. The Balaban J connectivity index is 2.55. The second-order valence-corrected chi connectivity index (χ2v) is 4.63. The quantitative estimate of drug-likeness (QED) is 0.569. The maximum atomic E-state index is 11.7. The van der Waals surface area contributed by atoms with E-state index in [1.807, 2.05) is 6.07 Å². The second kappa shape index (κ2) is 8.07. The zero-order chi connectivity index (χ0) is 15.8. The van der Waals surface area contributed by atoms with Crippen LogP contribution in [0.4, 0.5) is 5.69 Å². The Kier molecular flexibility index (Phi) is 6.43. The van der Waals surface area contributed by atoms with E-state index in [0.29, 0.717) is 6.54 Å². The van der Waals surface area contributed by atoms with Gasteiger partial charge in [-0.15, -0.1) is 0 Å². The van der Waals surface area contributed by atoms with E-state index in [0.717, 1.165) is 0 Å². The molecule has 0 saturated carbocycles. The van der Waals surface area contributed by atoms with Gasteiger partial charge in [0.25, 0.3) is 0 Å². The van der Waals surface area contributed by atoms with Crippen molar-refractivity contribution in [3.63, 3.8) is 0 Å². The first-order valence-corrected chi connectivity index (χ1v) is 6.51. The summed E-state index contributed by atoms with van der Waals surface area (Å²) < 4.78 is 5.27. The molecule has 0 bridgehead atoms. The molecule has 1 amide bonds. The van der Waals surface area contributed by atoms with Gasteiger partial charge in [0, 0.05) is 24.7 Å². The van der Waals surface area contributed by atoms with Gasteiger partial charge < -0.3 is 9.64 Å². The Morgan fingerprint density at radius 3 is 2.90 bits per heavy atom. The number of nitrogens with zero attached hydrogens (tertiary/aromatic N) is 3. The normalized spacial score (nSPS) is 9.76. The van der Waals surface area contributed by atoms with Crippen molar-refractivity contribution in [3.05, 3.63) is 33.3 Å². The molecule has 1 aromatic rings. The minimum absolute atomic E-state index is 0.0121. The maximum absolute atomic E-state index is 11.7. The molecule has 7 nitrogen and oxygen atoms in total. The molecule has 0 fully saturated rings. The fourth-order valence-electron chi connectivity index (χ4n) is 1.54. The molecule has 0 aliphatic rings. The lowest BCUT2D eigenvalue weighted by Crippen LogP contribution is -2.28. The van der Waals surface area contributed by atoms with Crippen molar-refractivity contribution < 1.29 is 14.5 Å². The Bertz CT molecular complexity index is 571. The smallest absolute Gasteiger partial charge is 0.312 e. The molecule has 0 radical (unpaired) electrons. The van der Waals surface area contributed by atoms with E-state index < -0.39 is 4.92 Å². The summed E-state index contributed by atoms with van der Waals surface area (Å²) in [7, 11) is 1.59. The van der Waals surface area contributed by atoms with Gasteiger partial charge in [-0.3, -0.25) is 14.9 Å². The number of benzene rings is 1. The van der Waals surface area contributed by atoms with Gasteiger partial charge >= 0.3 is 5.69 Å². The van der Waals surface area contributed by atoms with Crippen LogP contribution in [0.1, 0.15) is 12.8 Å². The molecule has 1 rings (SSSR count). The van der Waals surface area contributed by atoms with E-state index in [9.17, 15) is 14.9 Å². The summed E-state index contributed by atoms with van der Waals surface area (Å²) in [5.74, 6) is -0.126. The first-order chi connectivity index (χ1) is 9.95. The summed E-state index contributed by atoms with van der Waals surface area (Å²) in [6.07, 6.45) is 0.327. The van der Waals surface area contributed by atoms with E-state index in [1.165, 1.54) is 23.1 Å². The molecule has 0 aliphatic heterocycles. The van der Waals surface area contributed by atoms with Crippen LogP contribution in [0.25, 0.3) is 0 Å². The van der Waals surface area contributed by atoms with Gasteiger partial charge in [0.15, 0.2) is 5.75 Å². The van der Waals surface area contributed by atoms with Crippen LogP contribution in [0.15, 0.2) is 18.2 Å². The van der Waals surface area contributed by atoms with Gasteiger partial charge in [0.2, 0.25) is 5.91 Å². The van der Waals surface area contributed by atoms with Crippen LogP contribution >= 0.6 is 11.6 Å². The van der Waals surface area contributed by atoms with E-state index in [2.05, 4.69) is 0 Å². The van der Waals surface area contributed by atoms with Crippen molar-refractivity contribution in [1.82, 2.24) is 4.90 Å². The lowest BCUT2D eigenvalue weighted by atomic mass is 10.3. The van der Waals surface area contributed by atoms with Crippen molar-refractivity contribution in [2.45, 2.75) is 12.8 Å². The molecule has 0 unspecified atom stereocenters. The predicted molar refractivity (Wildman–Crippen MR) is 76.1 cm³/mol. The van der Waals surface area contributed by atoms with Gasteiger partial charge in [0.05, 0.1) is 30.4 Å². The molecule has 0 aliphatic carbocycles. The van der Waals surface area contributed by atoms with E-state index in [4.69, 9.17) is 21.6 Å². The van der Waals surface area contributed by atoms with Crippen LogP contribution in [0.5, 0.6) is 5.75 Å².